The molecule has 0 unspecified atom stereocenters. The average Bonchev–Trinajstić information content (AvgIpc) is 3.01. The first-order valence-electron chi connectivity index (χ1n) is 7.23. The summed E-state index contributed by atoms with van der Waals surface area (Å²) in [6.07, 6.45) is -1.48. The fraction of sp³-hybridized carbons (Fsp3) is 0.571. The molecule has 5 nitrogen and oxygen atoms in total. The second-order valence-electron chi connectivity index (χ2n) is 5.03. The predicted octanol–water partition coefficient (Wildman–Crippen LogP) is 2.80. The zero-order valence-corrected chi connectivity index (χ0v) is 13.4. The maximum atomic E-state index is 12.5. The molecule has 0 radical (unpaired) electrons. The standard InChI is InChI=1S/C14H18ClF3N4O/c1-19-13(22-5-2-3-6-22)20-4-7-23-12-11(15)8-10(9-21-12)14(16,17)18/h8-9H,2-7H2,1H3,(H,19,20). The van der Waals surface area contributed by atoms with Crippen LogP contribution in [0.1, 0.15) is 18.4 Å². The van der Waals surface area contributed by atoms with E-state index in [1.54, 1.807) is 7.05 Å². The van der Waals surface area contributed by atoms with Crippen molar-refractivity contribution in [3.8, 4) is 5.88 Å². The Morgan fingerprint density at radius 1 is 1.43 bits per heavy atom. The van der Waals surface area contributed by atoms with E-state index in [9.17, 15) is 13.2 Å². The van der Waals surface area contributed by atoms with Crippen molar-refractivity contribution in [2.45, 2.75) is 19.0 Å². The Bertz CT molecular complexity index is 559. The molecule has 1 saturated heterocycles. The number of rotatable bonds is 4. The molecule has 2 heterocycles. The van der Waals surface area contributed by atoms with Gasteiger partial charge in [0.05, 0.1) is 12.1 Å². The molecular weight excluding hydrogens is 333 g/mol. The Morgan fingerprint density at radius 2 is 2.13 bits per heavy atom. The lowest BCUT2D eigenvalue weighted by molar-refractivity contribution is -0.137. The Morgan fingerprint density at radius 3 is 2.70 bits per heavy atom. The van der Waals surface area contributed by atoms with Gasteiger partial charge in [0.2, 0.25) is 5.88 Å². The van der Waals surface area contributed by atoms with Crippen LogP contribution in [0.25, 0.3) is 0 Å². The molecule has 2 rings (SSSR count). The molecule has 1 fully saturated rings. The van der Waals surface area contributed by atoms with Crippen LogP contribution in [-0.2, 0) is 6.18 Å². The van der Waals surface area contributed by atoms with Gasteiger partial charge in [-0.05, 0) is 18.9 Å². The number of guanidine groups is 1. The highest BCUT2D eigenvalue weighted by Gasteiger charge is 2.31. The van der Waals surface area contributed by atoms with Gasteiger partial charge >= 0.3 is 6.18 Å². The summed E-state index contributed by atoms with van der Waals surface area (Å²) in [5.41, 5.74) is -0.901. The molecule has 1 aliphatic rings. The third kappa shape index (κ3) is 4.89. The average molecular weight is 351 g/mol. The number of halogens is 4. The maximum absolute atomic E-state index is 12.5. The van der Waals surface area contributed by atoms with E-state index >= 15 is 0 Å². The number of aliphatic imine (C=N–C) groups is 1. The molecule has 128 valence electrons. The van der Waals surface area contributed by atoms with Crippen LogP contribution < -0.4 is 10.1 Å². The molecule has 1 N–H and O–H groups in total. The molecule has 0 spiro atoms. The minimum absolute atomic E-state index is 0.0161. The summed E-state index contributed by atoms with van der Waals surface area (Å²) < 4.78 is 42.9. The number of alkyl halides is 3. The lowest BCUT2D eigenvalue weighted by Gasteiger charge is -2.20. The van der Waals surface area contributed by atoms with Crippen molar-refractivity contribution in [2.24, 2.45) is 4.99 Å². The van der Waals surface area contributed by atoms with Crippen LogP contribution in [0.3, 0.4) is 0 Å². The number of pyridine rings is 1. The Balaban J connectivity index is 1.82. The van der Waals surface area contributed by atoms with Crippen LogP contribution in [0.15, 0.2) is 17.3 Å². The normalized spacial score (nSPS) is 15.9. The fourth-order valence-corrected chi connectivity index (χ4v) is 2.48. The highest BCUT2D eigenvalue weighted by molar-refractivity contribution is 6.31. The smallest absolute Gasteiger partial charge is 0.417 e. The van der Waals surface area contributed by atoms with Crippen molar-refractivity contribution >= 4 is 17.6 Å². The largest absolute Gasteiger partial charge is 0.475 e. The maximum Gasteiger partial charge on any atom is 0.417 e. The van der Waals surface area contributed by atoms with Crippen LogP contribution in [0.2, 0.25) is 5.02 Å². The van der Waals surface area contributed by atoms with Gasteiger partial charge in [0, 0.05) is 26.3 Å². The first-order valence-corrected chi connectivity index (χ1v) is 7.60. The molecule has 0 aliphatic carbocycles. The Labute approximate surface area is 137 Å². The molecule has 0 bridgehead atoms. The lowest BCUT2D eigenvalue weighted by atomic mass is 10.3. The summed E-state index contributed by atoms with van der Waals surface area (Å²) >= 11 is 5.77. The number of ether oxygens (including phenoxy) is 1. The molecule has 0 aromatic carbocycles. The second kappa shape index (κ2) is 7.72. The van der Waals surface area contributed by atoms with Crippen molar-refractivity contribution < 1.29 is 17.9 Å². The van der Waals surface area contributed by atoms with Gasteiger partial charge in [0.15, 0.2) is 5.96 Å². The first-order chi connectivity index (χ1) is 10.9. The first kappa shape index (κ1) is 17.7. The highest BCUT2D eigenvalue weighted by atomic mass is 35.5. The summed E-state index contributed by atoms with van der Waals surface area (Å²) in [6.45, 7) is 2.59. The number of nitrogens with zero attached hydrogens (tertiary/aromatic N) is 3. The van der Waals surface area contributed by atoms with E-state index in [4.69, 9.17) is 16.3 Å². The molecule has 9 heteroatoms. The van der Waals surface area contributed by atoms with Gasteiger partial charge in [-0.2, -0.15) is 13.2 Å². The van der Waals surface area contributed by atoms with Gasteiger partial charge in [0.25, 0.3) is 0 Å². The lowest BCUT2D eigenvalue weighted by Crippen LogP contribution is -2.41. The molecule has 1 aromatic rings. The SMILES string of the molecule is CN=C(NCCOc1ncc(C(F)(F)F)cc1Cl)N1CCCC1. The molecule has 23 heavy (non-hydrogen) atoms. The van der Waals surface area contributed by atoms with Crippen LogP contribution in [0, 0.1) is 0 Å². The predicted molar refractivity (Wildman–Crippen MR) is 81.9 cm³/mol. The molecule has 0 amide bonds. The van der Waals surface area contributed by atoms with Crippen molar-refractivity contribution in [3.05, 3.63) is 22.8 Å². The number of aromatic nitrogens is 1. The number of hydrogen-bond donors (Lipinski definition) is 1. The third-order valence-corrected chi connectivity index (χ3v) is 3.65. The molecular formula is C14H18ClF3N4O. The number of likely N-dealkylation sites (tertiary alicyclic amines) is 1. The van der Waals surface area contributed by atoms with Gasteiger partial charge in [-0.1, -0.05) is 11.6 Å². The quantitative estimate of drug-likeness (QED) is 0.515. The molecule has 0 saturated carbocycles. The van der Waals surface area contributed by atoms with Crippen LogP contribution >= 0.6 is 11.6 Å². The summed E-state index contributed by atoms with van der Waals surface area (Å²) in [5.74, 6) is 0.773. The highest BCUT2D eigenvalue weighted by Crippen LogP contribution is 2.32. The number of nitrogens with one attached hydrogen (secondary N) is 1. The zero-order chi connectivity index (χ0) is 16.9. The number of hydrogen-bond acceptors (Lipinski definition) is 3. The van der Waals surface area contributed by atoms with E-state index in [2.05, 4.69) is 20.2 Å². The van der Waals surface area contributed by atoms with E-state index in [1.165, 1.54) is 0 Å². The van der Waals surface area contributed by atoms with Crippen molar-refractivity contribution in [1.29, 1.82) is 0 Å². The van der Waals surface area contributed by atoms with Crippen molar-refractivity contribution in [1.82, 2.24) is 15.2 Å². The van der Waals surface area contributed by atoms with Crippen molar-refractivity contribution in [3.63, 3.8) is 0 Å². The minimum atomic E-state index is -4.47. The molecule has 0 atom stereocenters. The van der Waals surface area contributed by atoms with Crippen LogP contribution in [0.4, 0.5) is 13.2 Å². The summed E-state index contributed by atoms with van der Waals surface area (Å²) in [7, 11) is 1.70. The Hall–Kier alpha value is -1.70. The van der Waals surface area contributed by atoms with Gasteiger partial charge in [0.1, 0.15) is 11.6 Å². The topological polar surface area (TPSA) is 49.8 Å². The fourth-order valence-electron chi connectivity index (χ4n) is 2.26. The van der Waals surface area contributed by atoms with E-state index in [0.717, 1.165) is 38.0 Å². The van der Waals surface area contributed by atoms with Gasteiger partial charge in [-0.25, -0.2) is 4.98 Å². The van der Waals surface area contributed by atoms with Crippen LogP contribution in [-0.4, -0.2) is 49.1 Å². The summed E-state index contributed by atoms with van der Waals surface area (Å²) in [5, 5.41) is 2.97. The van der Waals surface area contributed by atoms with Crippen molar-refractivity contribution in [2.75, 3.05) is 33.3 Å². The summed E-state index contributed by atoms with van der Waals surface area (Å²) in [6, 6.07) is 0.806. The van der Waals surface area contributed by atoms with Gasteiger partial charge < -0.3 is 15.0 Å². The van der Waals surface area contributed by atoms with E-state index in [1.807, 2.05) is 0 Å². The van der Waals surface area contributed by atoms with Gasteiger partial charge in [-0.3, -0.25) is 4.99 Å². The van der Waals surface area contributed by atoms with Crippen LogP contribution in [0.5, 0.6) is 5.88 Å². The van der Waals surface area contributed by atoms with E-state index in [-0.39, 0.29) is 17.5 Å². The minimum Gasteiger partial charge on any atom is -0.475 e. The molecule has 1 aliphatic heterocycles. The van der Waals surface area contributed by atoms with E-state index in [0.29, 0.717) is 12.7 Å². The van der Waals surface area contributed by atoms with E-state index < -0.39 is 11.7 Å². The zero-order valence-electron chi connectivity index (χ0n) is 12.7. The third-order valence-electron chi connectivity index (χ3n) is 3.38. The molecule has 1 aromatic heterocycles. The van der Waals surface area contributed by atoms with Gasteiger partial charge in [-0.15, -0.1) is 0 Å². The monoisotopic (exact) mass is 350 g/mol. The Kier molecular flexibility index (Phi) is 5.92. The summed E-state index contributed by atoms with van der Waals surface area (Å²) in [4.78, 5) is 9.94. The second-order valence-corrected chi connectivity index (χ2v) is 5.43.